The zero-order valence-electron chi connectivity index (χ0n) is 15.2. The van der Waals surface area contributed by atoms with E-state index in [9.17, 15) is 9.59 Å². The molecule has 4 atom stereocenters. The van der Waals surface area contributed by atoms with Gasteiger partial charge in [0.15, 0.2) is 5.60 Å². The summed E-state index contributed by atoms with van der Waals surface area (Å²) in [5.41, 5.74) is 0.0676. The van der Waals surface area contributed by atoms with E-state index in [4.69, 9.17) is 9.47 Å². The van der Waals surface area contributed by atoms with Crippen LogP contribution in [0.25, 0.3) is 0 Å². The lowest BCUT2D eigenvalue weighted by atomic mass is 9.88. The summed E-state index contributed by atoms with van der Waals surface area (Å²) in [4.78, 5) is 24.0. The van der Waals surface area contributed by atoms with Gasteiger partial charge in [-0.3, -0.25) is 0 Å². The first-order valence-electron chi connectivity index (χ1n) is 8.94. The topological polar surface area (TPSA) is 76.7 Å². The lowest BCUT2D eigenvalue weighted by Gasteiger charge is -2.30. The van der Waals surface area contributed by atoms with Gasteiger partial charge in [-0.1, -0.05) is 30.3 Å². The quantitative estimate of drug-likeness (QED) is 0.535. The van der Waals surface area contributed by atoms with Crippen molar-refractivity contribution in [2.75, 3.05) is 20.0 Å². The van der Waals surface area contributed by atoms with Crippen molar-refractivity contribution in [2.45, 2.75) is 48.6 Å². The molecule has 2 amide bonds. The average Bonchev–Trinajstić information content (AvgIpc) is 3.20. The van der Waals surface area contributed by atoms with Crippen LogP contribution < -0.4 is 10.6 Å². The molecule has 1 aromatic rings. The molecule has 0 spiro atoms. The van der Waals surface area contributed by atoms with Crippen LogP contribution in [-0.2, 0) is 20.7 Å². The molecule has 1 unspecified atom stereocenters. The molecule has 6 nitrogen and oxygen atoms in total. The van der Waals surface area contributed by atoms with Crippen molar-refractivity contribution in [2.24, 2.45) is 0 Å². The van der Waals surface area contributed by atoms with E-state index in [1.165, 1.54) is 7.11 Å². The highest BCUT2D eigenvalue weighted by molar-refractivity contribution is 8.00. The molecule has 7 heteroatoms. The van der Waals surface area contributed by atoms with Gasteiger partial charge in [-0.2, -0.15) is 11.8 Å². The number of ether oxygens (including phenoxy) is 2. The van der Waals surface area contributed by atoms with Crippen molar-refractivity contribution in [1.82, 2.24) is 10.6 Å². The Balaban J connectivity index is 1.62. The molecule has 0 saturated carbocycles. The standard InChI is InChI=1S/C19H26N2O4S/c1-24-17(22)19(25-2,11-13-7-4-3-5-8-13)10-6-9-15-16-14(12-26-15)20-18(23)21-16/h3-5,7-8,14-16H,6,9-12H2,1-2H3,(H2,20,21,23)/t14-,15-,16-,19?/m0/s1. The molecule has 2 aliphatic heterocycles. The minimum absolute atomic E-state index is 0.0739. The number of carbonyl (C=O) groups excluding carboxylic acids is 2. The molecule has 2 fully saturated rings. The Bertz CT molecular complexity index is 642. The van der Waals surface area contributed by atoms with Gasteiger partial charge in [0, 0.05) is 24.5 Å². The lowest BCUT2D eigenvalue weighted by molar-refractivity contribution is -0.167. The summed E-state index contributed by atoms with van der Waals surface area (Å²) in [7, 11) is 2.97. The van der Waals surface area contributed by atoms with Gasteiger partial charge >= 0.3 is 12.0 Å². The van der Waals surface area contributed by atoms with Crippen molar-refractivity contribution < 1.29 is 19.1 Å². The molecule has 0 aliphatic carbocycles. The van der Waals surface area contributed by atoms with Crippen LogP contribution in [0.1, 0.15) is 24.8 Å². The highest BCUT2D eigenvalue weighted by Gasteiger charge is 2.44. The van der Waals surface area contributed by atoms with Crippen LogP contribution in [0.2, 0.25) is 0 Å². The number of hydrogen-bond donors (Lipinski definition) is 2. The smallest absolute Gasteiger partial charge is 0.338 e. The summed E-state index contributed by atoms with van der Waals surface area (Å²) in [6, 6.07) is 10.2. The maximum Gasteiger partial charge on any atom is 0.338 e. The lowest BCUT2D eigenvalue weighted by Crippen LogP contribution is -2.44. The Labute approximate surface area is 158 Å². The first-order chi connectivity index (χ1) is 12.6. The summed E-state index contributed by atoms with van der Waals surface area (Å²) in [6.07, 6.45) is 2.82. The fraction of sp³-hybridized carbons (Fsp3) is 0.579. The summed E-state index contributed by atoms with van der Waals surface area (Å²) in [6.45, 7) is 0. The number of fused-ring (bicyclic) bond motifs is 1. The van der Waals surface area contributed by atoms with E-state index < -0.39 is 5.60 Å². The van der Waals surface area contributed by atoms with Gasteiger partial charge in [-0.25, -0.2) is 9.59 Å². The summed E-state index contributed by atoms with van der Waals surface area (Å²) < 4.78 is 10.7. The molecular formula is C19H26N2O4S. The second kappa shape index (κ2) is 8.31. The number of thioether (sulfide) groups is 1. The van der Waals surface area contributed by atoms with Gasteiger partial charge in [0.05, 0.1) is 19.2 Å². The molecule has 26 heavy (non-hydrogen) atoms. The van der Waals surface area contributed by atoms with Crippen molar-refractivity contribution in [3.63, 3.8) is 0 Å². The third-order valence-corrected chi connectivity index (χ3v) is 6.80. The molecule has 2 aliphatic rings. The maximum absolute atomic E-state index is 12.5. The average molecular weight is 378 g/mol. The first-order valence-corrected chi connectivity index (χ1v) is 9.99. The Morgan fingerprint density at radius 2 is 2.04 bits per heavy atom. The molecule has 0 radical (unpaired) electrons. The van der Waals surface area contributed by atoms with Gasteiger partial charge in [-0.05, 0) is 24.8 Å². The molecular weight excluding hydrogens is 352 g/mol. The number of rotatable bonds is 8. The molecule has 1 aromatic carbocycles. The van der Waals surface area contributed by atoms with Gasteiger partial charge in [-0.15, -0.1) is 0 Å². The van der Waals surface area contributed by atoms with Gasteiger partial charge < -0.3 is 20.1 Å². The Kier molecular flexibility index (Phi) is 6.09. The van der Waals surface area contributed by atoms with Crippen LogP contribution in [-0.4, -0.2) is 54.9 Å². The molecule has 2 N–H and O–H groups in total. The fourth-order valence-electron chi connectivity index (χ4n) is 3.86. The number of amides is 2. The number of benzene rings is 1. The molecule has 0 aromatic heterocycles. The molecule has 2 saturated heterocycles. The largest absolute Gasteiger partial charge is 0.467 e. The number of urea groups is 1. The van der Waals surface area contributed by atoms with E-state index in [2.05, 4.69) is 10.6 Å². The van der Waals surface area contributed by atoms with Crippen molar-refractivity contribution in [3.05, 3.63) is 35.9 Å². The summed E-state index contributed by atoms with van der Waals surface area (Å²) >= 11 is 1.88. The predicted molar refractivity (Wildman–Crippen MR) is 101 cm³/mol. The number of methoxy groups -OCH3 is 2. The Hall–Kier alpha value is -1.73. The third kappa shape index (κ3) is 3.99. The van der Waals surface area contributed by atoms with E-state index in [1.807, 2.05) is 42.1 Å². The first kappa shape index (κ1) is 19.0. The van der Waals surface area contributed by atoms with Gasteiger partial charge in [0.1, 0.15) is 0 Å². The highest BCUT2D eigenvalue weighted by atomic mass is 32.2. The summed E-state index contributed by atoms with van der Waals surface area (Å²) in [5.74, 6) is 0.599. The fourth-order valence-corrected chi connectivity index (χ4v) is 5.41. The number of nitrogens with one attached hydrogen (secondary N) is 2. The Morgan fingerprint density at radius 3 is 2.73 bits per heavy atom. The zero-order chi connectivity index (χ0) is 18.6. The molecule has 0 bridgehead atoms. The minimum atomic E-state index is -0.976. The second-order valence-electron chi connectivity index (χ2n) is 6.87. The minimum Gasteiger partial charge on any atom is -0.467 e. The van der Waals surface area contributed by atoms with Crippen molar-refractivity contribution >= 4 is 23.8 Å². The van der Waals surface area contributed by atoms with E-state index in [0.717, 1.165) is 24.2 Å². The van der Waals surface area contributed by atoms with Crippen LogP contribution >= 0.6 is 11.8 Å². The normalized spacial score (nSPS) is 26.5. The molecule has 3 rings (SSSR count). The van der Waals surface area contributed by atoms with Crippen LogP contribution in [0, 0.1) is 0 Å². The van der Waals surface area contributed by atoms with E-state index in [0.29, 0.717) is 18.1 Å². The van der Waals surface area contributed by atoms with E-state index >= 15 is 0 Å². The number of carbonyl (C=O) groups is 2. The van der Waals surface area contributed by atoms with Gasteiger partial charge in [0.2, 0.25) is 0 Å². The molecule has 2 heterocycles. The monoisotopic (exact) mass is 378 g/mol. The highest BCUT2D eigenvalue weighted by Crippen LogP contribution is 2.34. The van der Waals surface area contributed by atoms with Gasteiger partial charge in [0.25, 0.3) is 0 Å². The molecule has 142 valence electrons. The second-order valence-corrected chi connectivity index (χ2v) is 8.14. The number of esters is 1. The number of hydrogen-bond acceptors (Lipinski definition) is 5. The SMILES string of the molecule is COC(=O)C(CCC[C@@H]1SC[C@@H]2NC(=O)N[C@@H]21)(Cc1ccccc1)OC. The van der Waals surface area contributed by atoms with Crippen LogP contribution in [0.3, 0.4) is 0 Å². The van der Waals surface area contributed by atoms with E-state index in [1.54, 1.807) is 7.11 Å². The predicted octanol–water partition coefficient (Wildman–Crippen LogP) is 2.12. The maximum atomic E-state index is 12.5. The van der Waals surface area contributed by atoms with E-state index in [-0.39, 0.29) is 24.1 Å². The zero-order valence-corrected chi connectivity index (χ0v) is 16.0. The van der Waals surface area contributed by atoms with Crippen LogP contribution in [0.4, 0.5) is 4.79 Å². The Morgan fingerprint density at radius 1 is 1.27 bits per heavy atom. The third-order valence-electron chi connectivity index (χ3n) is 5.29. The van der Waals surface area contributed by atoms with Crippen molar-refractivity contribution in [3.8, 4) is 0 Å². The van der Waals surface area contributed by atoms with Crippen LogP contribution in [0.15, 0.2) is 30.3 Å². The van der Waals surface area contributed by atoms with Crippen molar-refractivity contribution in [1.29, 1.82) is 0 Å². The summed E-state index contributed by atoms with van der Waals surface area (Å²) in [5, 5.41) is 6.33. The van der Waals surface area contributed by atoms with Crippen LogP contribution in [0.5, 0.6) is 0 Å².